The zero-order chi connectivity index (χ0) is 10.0. The third kappa shape index (κ3) is 2.14. The molecular weight excluding hydrogens is 259 g/mol. The third-order valence-corrected chi connectivity index (χ3v) is 2.64. The Balaban J connectivity index is 3.23. The number of phenols is 1. The van der Waals surface area contributed by atoms with E-state index in [2.05, 4.69) is 20.7 Å². The number of hydrogen-bond donors (Lipinski definition) is 1. The van der Waals surface area contributed by atoms with Crippen LogP contribution in [0.5, 0.6) is 5.75 Å². The number of carbonyl (C=O) groups is 1. The maximum Gasteiger partial charge on any atom is 0.341 e. The normalized spacial score (nSPS) is 9.77. The van der Waals surface area contributed by atoms with Gasteiger partial charge >= 0.3 is 5.97 Å². The van der Waals surface area contributed by atoms with Crippen LogP contribution in [0.3, 0.4) is 0 Å². The third-order valence-electron chi connectivity index (χ3n) is 1.44. The lowest BCUT2D eigenvalue weighted by molar-refractivity contribution is 0.0597. The number of aromatic hydroxyl groups is 1. The molecule has 0 aromatic heterocycles. The molecule has 0 radical (unpaired) electrons. The van der Waals surface area contributed by atoms with Crippen LogP contribution in [0.15, 0.2) is 16.6 Å². The maximum atomic E-state index is 11.1. The Morgan fingerprint density at radius 2 is 2.23 bits per heavy atom. The molecule has 0 atom stereocenters. The fourth-order valence-electron chi connectivity index (χ4n) is 0.810. The topological polar surface area (TPSA) is 46.5 Å². The van der Waals surface area contributed by atoms with Gasteiger partial charge in [0.1, 0.15) is 11.3 Å². The quantitative estimate of drug-likeness (QED) is 0.794. The second-order valence-corrected chi connectivity index (χ2v) is 3.54. The molecule has 0 aliphatic carbocycles. The molecular formula is C8H6BrClO3. The minimum absolute atomic E-state index is 0.0822. The van der Waals surface area contributed by atoms with Gasteiger partial charge in [0.15, 0.2) is 0 Å². The van der Waals surface area contributed by atoms with E-state index in [1.807, 2.05) is 0 Å². The van der Waals surface area contributed by atoms with Gasteiger partial charge in [0.2, 0.25) is 0 Å². The molecule has 0 aliphatic heterocycles. The summed E-state index contributed by atoms with van der Waals surface area (Å²) >= 11 is 8.80. The van der Waals surface area contributed by atoms with E-state index in [-0.39, 0.29) is 11.3 Å². The summed E-state index contributed by atoms with van der Waals surface area (Å²) in [7, 11) is 1.24. The Kier molecular flexibility index (Phi) is 3.17. The Hall–Kier alpha value is -0.740. The van der Waals surface area contributed by atoms with E-state index in [1.165, 1.54) is 19.2 Å². The predicted molar refractivity (Wildman–Crippen MR) is 52.2 cm³/mol. The molecule has 1 N–H and O–H groups in total. The van der Waals surface area contributed by atoms with Crippen LogP contribution in [0.2, 0.25) is 5.02 Å². The highest BCUT2D eigenvalue weighted by molar-refractivity contribution is 9.10. The van der Waals surface area contributed by atoms with E-state index in [0.717, 1.165) is 0 Å². The van der Waals surface area contributed by atoms with Crippen LogP contribution in [0.4, 0.5) is 0 Å². The van der Waals surface area contributed by atoms with Crippen LogP contribution < -0.4 is 0 Å². The molecule has 0 amide bonds. The van der Waals surface area contributed by atoms with Crippen molar-refractivity contribution in [2.75, 3.05) is 7.11 Å². The van der Waals surface area contributed by atoms with E-state index in [9.17, 15) is 9.90 Å². The number of phenolic OH excluding ortho intramolecular Hbond substituents is 1. The SMILES string of the molecule is COC(=O)c1cc(Br)c(Cl)cc1O. The fraction of sp³-hybridized carbons (Fsp3) is 0.125. The van der Waals surface area contributed by atoms with Crippen molar-refractivity contribution in [2.45, 2.75) is 0 Å². The zero-order valence-electron chi connectivity index (χ0n) is 6.67. The van der Waals surface area contributed by atoms with Crippen molar-refractivity contribution in [3.05, 3.63) is 27.2 Å². The van der Waals surface area contributed by atoms with Crippen LogP contribution >= 0.6 is 27.5 Å². The van der Waals surface area contributed by atoms with Crippen LogP contribution in [-0.4, -0.2) is 18.2 Å². The molecule has 1 aromatic carbocycles. The summed E-state index contributed by atoms with van der Waals surface area (Å²) in [4.78, 5) is 11.1. The lowest BCUT2D eigenvalue weighted by Gasteiger charge is -2.04. The molecule has 13 heavy (non-hydrogen) atoms. The summed E-state index contributed by atoms with van der Waals surface area (Å²) in [5, 5.41) is 9.65. The van der Waals surface area contributed by atoms with Gasteiger partial charge in [-0.05, 0) is 22.0 Å². The maximum absolute atomic E-state index is 11.1. The van der Waals surface area contributed by atoms with Gasteiger partial charge in [-0.1, -0.05) is 11.6 Å². The summed E-state index contributed by atoms with van der Waals surface area (Å²) < 4.78 is 4.98. The first-order valence-electron chi connectivity index (χ1n) is 3.32. The molecule has 0 heterocycles. The first-order valence-corrected chi connectivity index (χ1v) is 4.49. The van der Waals surface area contributed by atoms with Gasteiger partial charge in [0.25, 0.3) is 0 Å². The van der Waals surface area contributed by atoms with Gasteiger partial charge in [-0.25, -0.2) is 4.79 Å². The highest BCUT2D eigenvalue weighted by Gasteiger charge is 2.13. The zero-order valence-corrected chi connectivity index (χ0v) is 9.02. The molecule has 0 bridgehead atoms. The highest BCUT2D eigenvalue weighted by Crippen LogP contribution is 2.30. The van der Waals surface area contributed by atoms with Crippen molar-refractivity contribution in [1.29, 1.82) is 0 Å². The lowest BCUT2D eigenvalue weighted by atomic mass is 10.2. The lowest BCUT2D eigenvalue weighted by Crippen LogP contribution is -2.01. The predicted octanol–water partition coefficient (Wildman–Crippen LogP) is 2.59. The van der Waals surface area contributed by atoms with Crippen molar-refractivity contribution < 1.29 is 14.6 Å². The standard InChI is InChI=1S/C8H6BrClO3/c1-13-8(12)4-2-5(9)6(10)3-7(4)11/h2-3,11H,1H3. The van der Waals surface area contributed by atoms with E-state index in [4.69, 9.17) is 11.6 Å². The molecule has 0 aliphatic rings. The summed E-state index contributed by atoms with van der Waals surface area (Å²) in [6.45, 7) is 0. The van der Waals surface area contributed by atoms with Crippen LogP contribution in [0.1, 0.15) is 10.4 Å². The minimum Gasteiger partial charge on any atom is -0.507 e. The first kappa shape index (κ1) is 10.3. The number of benzene rings is 1. The molecule has 0 fully saturated rings. The molecule has 1 rings (SSSR count). The summed E-state index contributed by atoms with van der Waals surface area (Å²) in [6.07, 6.45) is 0. The highest BCUT2D eigenvalue weighted by atomic mass is 79.9. The van der Waals surface area contributed by atoms with Gasteiger partial charge in [0, 0.05) is 10.5 Å². The molecule has 0 spiro atoms. The monoisotopic (exact) mass is 264 g/mol. The average molecular weight is 265 g/mol. The molecule has 1 aromatic rings. The van der Waals surface area contributed by atoms with Gasteiger partial charge in [-0.3, -0.25) is 0 Å². The number of hydrogen-bond acceptors (Lipinski definition) is 3. The van der Waals surface area contributed by atoms with Gasteiger partial charge in [-0.15, -0.1) is 0 Å². The second-order valence-electron chi connectivity index (χ2n) is 2.28. The van der Waals surface area contributed by atoms with Crippen molar-refractivity contribution in [2.24, 2.45) is 0 Å². The molecule has 70 valence electrons. The van der Waals surface area contributed by atoms with Gasteiger partial charge in [0.05, 0.1) is 12.1 Å². The number of ether oxygens (including phenoxy) is 1. The summed E-state index contributed by atoms with van der Waals surface area (Å²) in [5.74, 6) is -0.796. The minimum atomic E-state index is -0.602. The van der Waals surface area contributed by atoms with Crippen LogP contribution in [0, 0.1) is 0 Å². The Morgan fingerprint density at radius 3 is 2.77 bits per heavy atom. The number of rotatable bonds is 1. The van der Waals surface area contributed by atoms with E-state index < -0.39 is 5.97 Å². The molecule has 0 saturated carbocycles. The van der Waals surface area contributed by atoms with Crippen molar-refractivity contribution in [3.63, 3.8) is 0 Å². The Morgan fingerprint density at radius 1 is 1.62 bits per heavy atom. The van der Waals surface area contributed by atoms with E-state index in [0.29, 0.717) is 9.50 Å². The first-order chi connectivity index (χ1) is 6.06. The number of esters is 1. The Labute approximate surface area is 88.4 Å². The van der Waals surface area contributed by atoms with E-state index in [1.54, 1.807) is 0 Å². The Bertz CT molecular complexity index is 351. The van der Waals surface area contributed by atoms with Gasteiger partial charge in [-0.2, -0.15) is 0 Å². The van der Waals surface area contributed by atoms with E-state index >= 15 is 0 Å². The number of methoxy groups -OCH3 is 1. The van der Waals surface area contributed by atoms with Crippen molar-refractivity contribution in [3.8, 4) is 5.75 Å². The van der Waals surface area contributed by atoms with Crippen LogP contribution in [-0.2, 0) is 4.74 Å². The van der Waals surface area contributed by atoms with Gasteiger partial charge < -0.3 is 9.84 Å². The molecule has 3 nitrogen and oxygen atoms in total. The largest absolute Gasteiger partial charge is 0.507 e. The van der Waals surface area contributed by atoms with Crippen molar-refractivity contribution in [1.82, 2.24) is 0 Å². The number of halogens is 2. The molecule has 0 unspecified atom stereocenters. The fourth-order valence-corrected chi connectivity index (χ4v) is 1.31. The summed E-state index contributed by atoms with van der Waals surface area (Å²) in [6, 6.07) is 2.68. The smallest absolute Gasteiger partial charge is 0.341 e. The molecule has 5 heteroatoms. The summed E-state index contributed by atoms with van der Waals surface area (Å²) in [5.41, 5.74) is 0.0822. The van der Waals surface area contributed by atoms with Crippen molar-refractivity contribution >= 4 is 33.5 Å². The molecule has 0 saturated heterocycles. The number of carbonyl (C=O) groups excluding carboxylic acids is 1. The van der Waals surface area contributed by atoms with Crippen LogP contribution in [0.25, 0.3) is 0 Å². The second kappa shape index (κ2) is 3.98. The average Bonchev–Trinajstić information content (AvgIpc) is 2.10.